The molecular formula is C16H24N2O4. The van der Waals surface area contributed by atoms with Crippen LogP contribution >= 0.6 is 0 Å². The van der Waals surface area contributed by atoms with Crippen LogP contribution in [0.15, 0.2) is 12.1 Å². The number of hydrogen-bond acceptors (Lipinski definition) is 5. The molecule has 0 aromatic heterocycles. The van der Waals surface area contributed by atoms with E-state index in [2.05, 4.69) is 10.6 Å². The summed E-state index contributed by atoms with van der Waals surface area (Å²) in [4.78, 5) is 12.2. The van der Waals surface area contributed by atoms with E-state index in [0.717, 1.165) is 11.1 Å². The van der Waals surface area contributed by atoms with E-state index in [1.54, 1.807) is 14.2 Å². The van der Waals surface area contributed by atoms with E-state index < -0.39 is 6.10 Å². The standard InChI is InChI=1S/C16H24N2O4/c1-9-5-14(21-3)15(22-4)7-12(9)10(2)18-16(20)13-6-11(19)8-17-13/h5,7,10-11,13,17,19H,6,8H2,1-4H3,(H,18,20)/t10-,11+,13+/m0/s1. The number of aliphatic hydroxyl groups is 1. The maximum atomic E-state index is 12.2. The summed E-state index contributed by atoms with van der Waals surface area (Å²) >= 11 is 0. The lowest BCUT2D eigenvalue weighted by Crippen LogP contribution is -2.41. The summed E-state index contributed by atoms with van der Waals surface area (Å²) < 4.78 is 10.6. The van der Waals surface area contributed by atoms with E-state index in [-0.39, 0.29) is 18.0 Å². The number of ether oxygens (including phenoxy) is 2. The van der Waals surface area contributed by atoms with Gasteiger partial charge in [-0.15, -0.1) is 0 Å². The second kappa shape index (κ2) is 6.98. The number of β-amino-alcohol motifs (C(OH)–C–C–N with tert-alkyl or cyclic N) is 1. The summed E-state index contributed by atoms with van der Waals surface area (Å²) in [5.41, 5.74) is 1.99. The molecular weight excluding hydrogens is 284 g/mol. The van der Waals surface area contributed by atoms with Crippen LogP contribution in [0.4, 0.5) is 0 Å². The number of hydrogen-bond donors (Lipinski definition) is 3. The van der Waals surface area contributed by atoms with Gasteiger partial charge >= 0.3 is 0 Å². The number of aryl methyl sites for hydroxylation is 1. The van der Waals surface area contributed by atoms with Gasteiger partial charge in [0.1, 0.15) is 0 Å². The van der Waals surface area contributed by atoms with Crippen LogP contribution in [-0.2, 0) is 4.79 Å². The number of carbonyl (C=O) groups is 1. The number of nitrogens with one attached hydrogen (secondary N) is 2. The smallest absolute Gasteiger partial charge is 0.237 e. The van der Waals surface area contributed by atoms with E-state index in [9.17, 15) is 9.90 Å². The van der Waals surface area contributed by atoms with Crippen LogP contribution in [0.5, 0.6) is 11.5 Å². The van der Waals surface area contributed by atoms with E-state index in [4.69, 9.17) is 9.47 Å². The predicted octanol–water partition coefficient (Wildman–Crippen LogP) is 0.912. The first-order chi connectivity index (χ1) is 10.5. The third-order valence-corrected chi connectivity index (χ3v) is 4.02. The number of rotatable bonds is 5. The molecule has 1 fully saturated rings. The zero-order chi connectivity index (χ0) is 16.3. The molecule has 2 rings (SSSR count). The molecule has 1 aliphatic heterocycles. The highest BCUT2D eigenvalue weighted by atomic mass is 16.5. The summed E-state index contributed by atoms with van der Waals surface area (Å²) in [5, 5.41) is 15.5. The molecule has 1 amide bonds. The molecule has 22 heavy (non-hydrogen) atoms. The minimum Gasteiger partial charge on any atom is -0.493 e. The van der Waals surface area contributed by atoms with Gasteiger partial charge in [-0.1, -0.05) is 0 Å². The molecule has 0 saturated carbocycles. The third kappa shape index (κ3) is 3.51. The number of amides is 1. The van der Waals surface area contributed by atoms with Crippen LogP contribution < -0.4 is 20.1 Å². The molecule has 3 N–H and O–H groups in total. The minimum absolute atomic E-state index is 0.0989. The average molecular weight is 308 g/mol. The number of carbonyl (C=O) groups excluding carboxylic acids is 1. The summed E-state index contributed by atoms with van der Waals surface area (Å²) in [6.45, 7) is 4.36. The van der Waals surface area contributed by atoms with Crippen molar-refractivity contribution in [1.82, 2.24) is 10.6 Å². The maximum absolute atomic E-state index is 12.2. The van der Waals surface area contributed by atoms with Gasteiger partial charge in [0.25, 0.3) is 0 Å². The van der Waals surface area contributed by atoms with Gasteiger partial charge in [0.15, 0.2) is 11.5 Å². The van der Waals surface area contributed by atoms with Gasteiger partial charge in [0.2, 0.25) is 5.91 Å². The summed E-state index contributed by atoms with van der Waals surface area (Å²) in [6.07, 6.45) is -0.00223. The zero-order valence-corrected chi connectivity index (χ0v) is 13.5. The summed E-state index contributed by atoms with van der Waals surface area (Å²) in [7, 11) is 3.18. The Morgan fingerprint density at radius 1 is 1.36 bits per heavy atom. The summed E-state index contributed by atoms with van der Waals surface area (Å²) in [6, 6.07) is 3.29. The van der Waals surface area contributed by atoms with Gasteiger partial charge in [-0.05, 0) is 43.5 Å². The van der Waals surface area contributed by atoms with Crippen molar-refractivity contribution in [2.24, 2.45) is 0 Å². The first-order valence-electron chi connectivity index (χ1n) is 7.40. The van der Waals surface area contributed by atoms with E-state index in [1.165, 1.54) is 0 Å². The molecule has 0 aliphatic carbocycles. The van der Waals surface area contributed by atoms with Crippen molar-refractivity contribution in [3.8, 4) is 11.5 Å². The van der Waals surface area contributed by atoms with Crippen LogP contribution in [0.3, 0.4) is 0 Å². The lowest BCUT2D eigenvalue weighted by atomic mass is 10.0. The van der Waals surface area contributed by atoms with Crippen molar-refractivity contribution in [1.29, 1.82) is 0 Å². The van der Waals surface area contributed by atoms with E-state index in [0.29, 0.717) is 24.5 Å². The molecule has 0 radical (unpaired) electrons. The molecule has 0 spiro atoms. The molecule has 0 bridgehead atoms. The minimum atomic E-state index is -0.450. The molecule has 1 saturated heterocycles. The monoisotopic (exact) mass is 308 g/mol. The van der Waals surface area contributed by atoms with Crippen LogP contribution in [0.25, 0.3) is 0 Å². The maximum Gasteiger partial charge on any atom is 0.237 e. The van der Waals surface area contributed by atoms with E-state index >= 15 is 0 Å². The Bertz CT molecular complexity index is 547. The van der Waals surface area contributed by atoms with Gasteiger partial charge in [-0.3, -0.25) is 4.79 Å². The van der Waals surface area contributed by atoms with Gasteiger partial charge in [0.05, 0.1) is 32.4 Å². The third-order valence-electron chi connectivity index (χ3n) is 4.02. The fourth-order valence-corrected chi connectivity index (χ4v) is 2.77. The SMILES string of the molecule is COc1cc(C)c([C@H](C)NC(=O)[C@H]2C[C@@H](O)CN2)cc1OC. The Kier molecular flexibility index (Phi) is 5.26. The van der Waals surface area contributed by atoms with Crippen LogP contribution in [0, 0.1) is 6.92 Å². The van der Waals surface area contributed by atoms with Gasteiger partial charge < -0.3 is 25.2 Å². The van der Waals surface area contributed by atoms with E-state index in [1.807, 2.05) is 26.0 Å². The van der Waals surface area contributed by atoms with Crippen LogP contribution in [0.2, 0.25) is 0 Å². The Morgan fingerprint density at radius 3 is 2.55 bits per heavy atom. The molecule has 1 heterocycles. The fourth-order valence-electron chi connectivity index (χ4n) is 2.77. The molecule has 1 aliphatic rings. The quantitative estimate of drug-likeness (QED) is 0.753. The topological polar surface area (TPSA) is 79.8 Å². The van der Waals surface area contributed by atoms with Crippen LogP contribution in [0.1, 0.15) is 30.5 Å². The number of methoxy groups -OCH3 is 2. The van der Waals surface area contributed by atoms with Gasteiger partial charge in [0, 0.05) is 6.54 Å². The zero-order valence-electron chi connectivity index (χ0n) is 13.5. The lowest BCUT2D eigenvalue weighted by molar-refractivity contribution is -0.123. The largest absolute Gasteiger partial charge is 0.493 e. The highest BCUT2D eigenvalue weighted by Gasteiger charge is 2.29. The number of benzene rings is 1. The molecule has 3 atom stereocenters. The molecule has 6 heteroatoms. The predicted molar refractivity (Wildman–Crippen MR) is 83.3 cm³/mol. The summed E-state index contributed by atoms with van der Waals surface area (Å²) in [5.74, 6) is 1.21. The van der Waals surface area contributed by atoms with Crippen molar-refractivity contribution in [3.05, 3.63) is 23.3 Å². The molecule has 1 aromatic carbocycles. The van der Waals surface area contributed by atoms with Crippen molar-refractivity contribution < 1.29 is 19.4 Å². The van der Waals surface area contributed by atoms with Crippen molar-refractivity contribution in [2.75, 3.05) is 20.8 Å². The van der Waals surface area contributed by atoms with Crippen molar-refractivity contribution in [3.63, 3.8) is 0 Å². The molecule has 0 unspecified atom stereocenters. The normalized spacial score (nSPS) is 22.2. The average Bonchev–Trinajstić information content (AvgIpc) is 2.93. The highest BCUT2D eigenvalue weighted by Crippen LogP contribution is 2.32. The van der Waals surface area contributed by atoms with Crippen molar-refractivity contribution >= 4 is 5.91 Å². The Morgan fingerprint density at radius 2 is 2.00 bits per heavy atom. The van der Waals surface area contributed by atoms with Crippen molar-refractivity contribution in [2.45, 2.75) is 38.5 Å². The molecule has 6 nitrogen and oxygen atoms in total. The fraction of sp³-hybridized carbons (Fsp3) is 0.562. The molecule has 122 valence electrons. The lowest BCUT2D eigenvalue weighted by Gasteiger charge is -2.21. The van der Waals surface area contributed by atoms with Gasteiger partial charge in [-0.2, -0.15) is 0 Å². The first kappa shape index (κ1) is 16.6. The Balaban J connectivity index is 2.12. The first-order valence-corrected chi connectivity index (χ1v) is 7.40. The second-order valence-electron chi connectivity index (χ2n) is 5.64. The molecule has 1 aromatic rings. The Hall–Kier alpha value is -1.79. The highest BCUT2D eigenvalue weighted by molar-refractivity contribution is 5.82. The number of aliphatic hydroxyl groups excluding tert-OH is 1. The van der Waals surface area contributed by atoms with Crippen LogP contribution in [-0.4, -0.2) is 43.9 Å². The second-order valence-corrected chi connectivity index (χ2v) is 5.64. The Labute approximate surface area is 130 Å². The van der Waals surface area contributed by atoms with Gasteiger partial charge in [-0.25, -0.2) is 0 Å².